The molecule has 0 bridgehead atoms. The minimum Gasteiger partial charge on any atom is -0.438 e. The Kier molecular flexibility index (Phi) is 8.75. The molecule has 0 saturated carbocycles. The van der Waals surface area contributed by atoms with Gasteiger partial charge in [0.05, 0.1) is 0 Å². The molecule has 0 atom stereocenters. The molecule has 8 nitrogen and oxygen atoms in total. The number of fused-ring (bicyclic) bond motifs is 1. The molecule has 6 rings (SSSR count). The van der Waals surface area contributed by atoms with E-state index in [0.29, 0.717) is 28.8 Å². The van der Waals surface area contributed by atoms with Crippen LogP contribution in [0.25, 0.3) is 10.8 Å². The first-order valence-electron chi connectivity index (χ1n) is 15.0. The summed E-state index contributed by atoms with van der Waals surface area (Å²) in [5, 5.41) is 7.93. The first kappa shape index (κ1) is 27.9. The van der Waals surface area contributed by atoms with Crippen LogP contribution in [0.4, 0.5) is 21.7 Å². The second-order valence-electron chi connectivity index (χ2n) is 11.0. The van der Waals surface area contributed by atoms with Gasteiger partial charge in [-0.05, 0) is 75.5 Å². The average molecular weight is 569 g/mol. The number of hydrogen-bond donors (Lipinski definition) is 2. The van der Waals surface area contributed by atoms with Crippen LogP contribution in [0.3, 0.4) is 0 Å². The lowest BCUT2D eigenvalue weighted by Gasteiger charge is -2.29. The van der Waals surface area contributed by atoms with Gasteiger partial charge in [-0.15, -0.1) is 0 Å². The number of rotatable bonds is 9. The topological polar surface area (TPSA) is 82.6 Å². The van der Waals surface area contributed by atoms with Gasteiger partial charge < -0.3 is 25.2 Å². The zero-order valence-electron chi connectivity index (χ0n) is 23.8. The second-order valence-corrected chi connectivity index (χ2v) is 11.0. The lowest BCUT2D eigenvalue weighted by Crippen LogP contribution is -2.33. The summed E-state index contributed by atoms with van der Waals surface area (Å²) in [7, 11) is 0. The first-order valence-corrected chi connectivity index (χ1v) is 15.0. The van der Waals surface area contributed by atoms with Gasteiger partial charge in [0.25, 0.3) is 5.91 Å². The molecule has 218 valence electrons. The summed E-state index contributed by atoms with van der Waals surface area (Å²) in [5.41, 5.74) is 1.66. The largest absolute Gasteiger partial charge is 0.438 e. The number of nitrogens with one attached hydrogen (secondary N) is 2. The number of amides is 1. The van der Waals surface area contributed by atoms with Crippen molar-refractivity contribution in [3.05, 3.63) is 78.2 Å². The Morgan fingerprint density at radius 2 is 1.64 bits per heavy atom. The highest BCUT2D eigenvalue weighted by molar-refractivity contribution is 6.10. The predicted octanol–water partition coefficient (Wildman–Crippen LogP) is 6.70. The maximum absolute atomic E-state index is 14.5. The molecule has 1 aromatic heterocycles. The number of nitrogens with zero attached hydrogens (tertiary/aromatic N) is 4. The normalized spacial score (nSPS) is 15.9. The summed E-state index contributed by atoms with van der Waals surface area (Å²) in [6.45, 7) is 5.78. The van der Waals surface area contributed by atoms with E-state index in [1.807, 2.05) is 30.3 Å². The molecular weight excluding hydrogens is 531 g/mol. The number of anilines is 3. The molecule has 1 amide bonds. The maximum atomic E-state index is 14.5. The SMILES string of the molecule is O=C(Nc1ccc(Oc2ccnc(NCCN3CCCCC3)n2)c2ccccc12)c1cc(F)cc(N2CCCCC2)c1. The van der Waals surface area contributed by atoms with E-state index in [1.54, 1.807) is 24.4 Å². The highest BCUT2D eigenvalue weighted by atomic mass is 19.1. The van der Waals surface area contributed by atoms with E-state index in [2.05, 4.69) is 30.4 Å². The van der Waals surface area contributed by atoms with Crippen molar-refractivity contribution < 1.29 is 13.9 Å². The number of aromatic nitrogens is 2. The highest BCUT2D eigenvalue weighted by Gasteiger charge is 2.17. The summed E-state index contributed by atoms with van der Waals surface area (Å²) < 4.78 is 20.7. The number of carbonyl (C=O) groups excluding carboxylic acids is 1. The van der Waals surface area contributed by atoms with Crippen molar-refractivity contribution in [1.29, 1.82) is 0 Å². The molecule has 2 saturated heterocycles. The molecule has 3 heterocycles. The van der Waals surface area contributed by atoms with Gasteiger partial charge in [0.2, 0.25) is 11.8 Å². The number of halogens is 1. The first-order chi connectivity index (χ1) is 20.6. The molecular formula is C33H37FN6O2. The van der Waals surface area contributed by atoms with Gasteiger partial charge in [-0.1, -0.05) is 30.7 Å². The molecule has 9 heteroatoms. The van der Waals surface area contributed by atoms with Crippen LogP contribution >= 0.6 is 0 Å². The summed E-state index contributed by atoms with van der Waals surface area (Å²) >= 11 is 0. The molecule has 2 aliphatic heterocycles. The molecule has 2 fully saturated rings. The number of benzene rings is 3. The van der Waals surface area contributed by atoms with E-state index in [-0.39, 0.29) is 5.91 Å². The third kappa shape index (κ3) is 6.79. The minimum absolute atomic E-state index is 0.293. The summed E-state index contributed by atoms with van der Waals surface area (Å²) in [4.78, 5) is 26.8. The zero-order chi connectivity index (χ0) is 28.7. The highest BCUT2D eigenvalue weighted by Crippen LogP contribution is 2.34. The number of hydrogen-bond acceptors (Lipinski definition) is 7. The standard InChI is InChI=1S/C33H37FN6O2/c34-25-21-24(22-26(23-25)40-18-7-2-8-19-40)32(41)37-29-11-12-30(28-10-4-3-9-27(28)29)42-31-13-14-35-33(38-31)36-15-20-39-16-5-1-6-17-39/h3-4,9-14,21-23H,1-2,5-8,15-20H2,(H,37,41)(H,35,36,38). The molecule has 2 N–H and O–H groups in total. The van der Waals surface area contributed by atoms with Gasteiger partial charge in [-0.2, -0.15) is 4.98 Å². The number of piperidine rings is 2. The van der Waals surface area contributed by atoms with Crippen LogP contribution in [0.1, 0.15) is 48.9 Å². The van der Waals surface area contributed by atoms with Crippen molar-refractivity contribution in [2.45, 2.75) is 38.5 Å². The molecule has 4 aromatic rings. The van der Waals surface area contributed by atoms with Gasteiger partial charge in [0.1, 0.15) is 11.6 Å². The third-order valence-corrected chi connectivity index (χ3v) is 8.00. The van der Waals surface area contributed by atoms with Crippen molar-refractivity contribution in [3.63, 3.8) is 0 Å². The monoisotopic (exact) mass is 568 g/mol. The average Bonchev–Trinajstić information content (AvgIpc) is 3.03. The molecule has 2 aliphatic rings. The van der Waals surface area contributed by atoms with E-state index >= 15 is 0 Å². The minimum atomic E-state index is -0.415. The van der Waals surface area contributed by atoms with Gasteiger partial charge in [0, 0.05) is 66.2 Å². The quantitative estimate of drug-likeness (QED) is 0.232. The van der Waals surface area contributed by atoms with Crippen molar-refractivity contribution in [2.75, 3.05) is 54.8 Å². The van der Waals surface area contributed by atoms with Gasteiger partial charge in [-0.25, -0.2) is 9.37 Å². The van der Waals surface area contributed by atoms with Crippen LogP contribution < -0.4 is 20.3 Å². The molecule has 0 spiro atoms. The molecule has 0 aliphatic carbocycles. The fraction of sp³-hybridized carbons (Fsp3) is 0.364. The molecule has 3 aromatic carbocycles. The zero-order valence-corrected chi connectivity index (χ0v) is 23.8. The van der Waals surface area contributed by atoms with Crippen molar-refractivity contribution in [3.8, 4) is 11.6 Å². The third-order valence-electron chi connectivity index (χ3n) is 8.00. The number of carbonyl (C=O) groups is 1. The fourth-order valence-electron chi connectivity index (χ4n) is 5.81. The molecule has 0 radical (unpaired) electrons. The van der Waals surface area contributed by atoms with E-state index in [9.17, 15) is 9.18 Å². The van der Waals surface area contributed by atoms with Crippen molar-refractivity contribution in [2.24, 2.45) is 0 Å². The fourth-order valence-corrected chi connectivity index (χ4v) is 5.81. The Hall–Kier alpha value is -4.24. The summed E-state index contributed by atoms with van der Waals surface area (Å²) in [6, 6.07) is 17.6. The Balaban J connectivity index is 1.16. The molecule has 42 heavy (non-hydrogen) atoms. The lowest BCUT2D eigenvalue weighted by molar-refractivity contribution is 0.102. The van der Waals surface area contributed by atoms with Gasteiger partial charge >= 0.3 is 0 Å². The smallest absolute Gasteiger partial charge is 0.255 e. The maximum Gasteiger partial charge on any atom is 0.255 e. The summed E-state index contributed by atoms with van der Waals surface area (Å²) in [6.07, 6.45) is 8.86. The van der Waals surface area contributed by atoms with E-state index < -0.39 is 5.82 Å². The van der Waals surface area contributed by atoms with Crippen molar-refractivity contribution in [1.82, 2.24) is 14.9 Å². The van der Waals surface area contributed by atoms with Crippen LogP contribution in [0.15, 0.2) is 66.9 Å². The lowest BCUT2D eigenvalue weighted by atomic mass is 10.1. The van der Waals surface area contributed by atoms with Crippen LogP contribution in [0.2, 0.25) is 0 Å². The van der Waals surface area contributed by atoms with Gasteiger partial charge in [0.15, 0.2) is 0 Å². The number of ether oxygens (including phenoxy) is 1. The predicted molar refractivity (Wildman–Crippen MR) is 165 cm³/mol. The molecule has 0 unspecified atom stereocenters. The Morgan fingerprint density at radius 1 is 0.881 bits per heavy atom. The van der Waals surface area contributed by atoms with Crippen LogP contribution in [0.5, 0.6) is 11.6 Å². The van der Waals surface area contributed by atoms with Gasteiger partial charge in [-0.3, -0.25) is 4.79 Å². The van der Waals surface area contributed by atoms with Crippen molar-refractivity contribution >= 4 is 34.0 Å². The summed E-state index contributed by atoms with van der Waals surface area (Å²) in [5.74, 6) is 0.790. The van der Waals surface area contributed by atoms with Crippen LogP contribution in [-0.2, 0) is 0 Å². The van der Waals surface area contributed by atoms with E-state index in [1.165, 1.54) is 37.8 Å². The van der Waals surface area contributed by atoms with E-state index in [0.717, 1.165) is 68.6 Å². The Labute approximate surface area is 245 Å². The van der Waals surface area contributed by atoms with Crippen LogP contribution in [0, 0.1) is 5.82 Å². The Morgan fingerprint density at radius 3 is 2.45 bits per heavy atom. The number of likely N-dealkylation sites (tertiary alicyclic amines) is 1. The Bertz CT molecular complexity index is 1530. The van der Waals surface area contributed by atoms with E-state index in [4.69, 9.17) is 4.74 Å². The second kappa shape index (κ2) is 13.2. The van der Waals surface area contributed by atoms with Crippen LogP contribution in [-0.4, -0.2) is 60.0 Å².